The number of rotatable bonds is 7. The Morgan fingerprint density at radius 1 is 1.15 bits per heavy atom. The highest BCUT2D eigenvalue weighted by Gasteiger charge is 2.21. The zero-order valence-electron chi connectivity index (χ0n) is 15.2. The molecule has 27 heavy (non-hydrogen) atoms. The zero-order chi connectivity index (χ0) is 19.4. The Kier molecular flexibility index (Phi) is 5.51. The van der Waals surface area contributed by atoms with Gasteiger partial charge < -0.3 is 11.1 Å². The van der Waals surface area contributed by atoms with Crippen LogP contribution in [0.15, 0.2) is 48.5 Å². The predicted octanol–water partition coefficient (Wildman–Crippen LogP) is 3.76. The summed E-state index contributed by atoms with van der Waals surface area (Å²) in [7, 11) is 0. The first-order valence-electron chi connectivity index (χ1n) is 8.55. The van der Waals surface area contributed by atoms with Crippen LogP contribution >= 0.6 is 11.5 Å². The number of carbonyl (C=O) groups excluding carboxylic acids is 1. The fourth-order valence-corrected chi connectivity index (χ4v) is 3.27. The highest BCUT2D eigenvalue weighted by molar-refractivity contribution is 7.09. The van der Waals surface area contributed by atoms with Crippen LogP contribution in [0.1, 0.15) is 25.0 Å². The summed E-state index contributed by atoms with van der Waals surface area (Å²) >= 11 is 1.29. The molecule has 5 nitrogen and oxygen atoms in total. The van der Waals surface area contributed by atoms with E-state index in [1.165, 1.54) is 23.7 Å². The van der Waals surface area contributed by atoms with Crippen LogP contribution in [-0.4, -0.2) is 21.8 Å². The monoisotopic (exact) mass is 384 g/mol. The molecule has 0 atom stereocenters. The van der Waals surface area contributed by atoms with Gasteiger partial charge in [-0.15, -0.1) is 0 Å². The molecule has 140 valence electrons. The first-order chi connectivity index (χ1) is 12.8. The number of hydrogen-bond donors (Lipinski definition) is 2. The normalized spacial score (nSPS) is 11.4. The molecule has 3 N–H and O–H groups in total. The molecule has 3 rings (SSSR count). The Labute approximate surface area is 161 Å². The van der Waals surface area contributed by atoms with Gasteiger partial charge in [0.15, 0.2) is 5.82 Å². The van der Waals surface area contributed by atoms with Gasteiger partial charge in [-0.05, 0) is 23.3 Å². The van der Waals surface area contributed by atoms with Crippen molar-refractivity contribution >= 4 is 22.6 Å². The maximum Gasteiger partial charge on any atom is 0.221 e. The molecule has 0 saturated carbocycles. The molecule has 0 radical (unpaired) electrons. The van der Waals surface area contributed by atoms with Gasteiger partial charge in [-0.3, -0.25) is 4.79 Å². The maximum atomic E-state index is 13.1. The van der Waals surface area contributed by atoms with Gasteiger partial charge in [0.05, 0.1) is 6.42 Å². The average molecular weight is 384 g/mol. The third-order valence-electron chi connectivity index (χ3n) is 4.32. The lowest BCUT2D eigenvalue weighted by Gasteiger charge is -2.25. The van der Waals surface area contributed by atoms with Crippen molar-refractivity contribution < 1.29 is 9.18 Å². The lowest BCUT2D eigenvalue weighted by atomic mass is 9.85. The summed E-state index contributed by atoms with van der Waals surface area (Å²) in [6.45, 7) is 4.82. The highest BCUT2D eigenvalue weighted by Crippen LogP contribution is 2.26. The zero-order valence-corrected chi connectivity index (χ0v) is 16.0. The molecule has 2 aromatic carbocycles. The number of benzene rings is 2. The first kappa shape index (κ1) is 19.0. The standard InChI is InChI=1S/C20H21FN4OS/c1-20(2,15-7-9-16(21)10-8-15)12-23-19-24-18(25-27-19)14-5-3-13(4-6-14)11-17(22)26/h3-10H,11-12H2,1-2H3,(H2,22,26)(H,23,24,25). The van der Waals surface area contributed by atoms with E-state index in [0.717, 1.165) is 21.8 Å². The molecule has 0 unspecified atom stereocenters. The molecule has 1 aromatic heterocycles. The van der Waals surface area contributed by atoms with E-state index >= 15 is 0 Å². The summed E-state index contributed by atoms with van der Waals surface area (Å²) in [5.74, 6) is 0.0376. The Morgan fingerprint density at radius 3 is 2.44 bits per heavy atom. The van der Waals surface area contributed by atoms with Crippen LogP contribution in [0.3, 0.4) is 0 Å². The van der Waals surface area contributed by atoms with Gasteiger partial charge in [-0.2, -0.15) is 9.36 Å². The highest BCUT2D eigenvalue weighted by atomic mass is 32.1. The Balaban J connectivity index is 1.65. The molecular weight excluding hydrogens is 363 g/mol. The van der Waals surface area contributed by atoms with Crippen LogP contribution in [-0.2, 0) is 16.6 Å². The summed E-state index contributed by atoms with van der Waals surface area (Å²) in [6.07, 6.45) is 0.218. The fourth-order valence-electron chi connectivity index (χ4n) is 2.69. The molecule has 0 aliphatic carbocycles. The maximum absolute atomic E-state index is 13.1. The second kappa shape index (κ2) is 7.84. The van der Waals surface area contributed by atoms with E-state index in [-0.39, 0.29) is 23.6 Å². The molecule has 0 saturated heterocycles. The molecule has 0 spiro atoms. The molecule has 7 heteroatoms. The quantitative estimate of drug-likeness (QED) is 0.650. The van der Waals surface area contributed by atoms with Crippen molar-refractivity contribution in [2.24, 2.45) is 5.73 Å². The van der Waals surface area contributed by atoms with Gasteiger partial charge >= 0.3 is 0 Å². The molecule has 1 heterocycles. The van der Waals surface area contributed by atoms with E-state index < -0.39 is 0 Å². The van der Waals surface area contributed by atoms with Crippen molar-refractivity contribution in [1.82, 2.24) is 9.36 Å². The largest absolute Gasteiger partial charge is 0.369 e. The molecule has 3 aromatic rings. The van der Waals surface area contributed by atoms with Crippen LogP contribution in [0, 0.1) is 5.82 Å². The van der Waals surface area contributed by atoms with E-state index in [1.54, 1.807) is 12.1 Å². The third-order valence-corrected chi connectivity index (χ3v) is 5.00. The lowest BCUT2D eigenvalue weighted by Crippen LogP contribution is -2.27. The van der Waals surface area contributed by atoms with Crippen molar-refractivity contribution in [3.8, 4) is 11.4 Å². The molecule has 1 amide bonds. The Bertz CT molecular complexity index is 920. The SMILES string of the molecule is CC(C)(CNc1nc(-c2ccc(CC(N)=O)cc2)ns1)c1ccc(F)cc1. The fraction of sp³-hybridized carbons (Fsp3) is 0.250. The van der Waals surface area contributed by atoms with E-state index in [1.807, 2.05) is 24.3 Å². The number of carbonyl (C=O) groups is 1. The minimum absolute atomic E-state index is 0.185. The number of halogens is 1. The molecule has 0 fully saturated rings. The second-order valence-electron chi connectivity index (χ2n) is 7.01. The number of amides is 1. The van der Waals surface area contributed by atoms with Gasteiger partial charge in [0, 0.05) is 29.1 Å². The van der Waals surface area contributed by atoms with Gasteiger partial charge in [0.2, 0.25) is 11.0 Å². The number of anilines is 1. The van der Waals surface area contributed by atoms with Gasteiger partial charge in [0.1, 0.15) is 5.82 Å². The number of nitrogens with zero attached hydrogens (tertiary/aromatic N) is 2. The molecule has 0 aliphatic rings. The summed E-state index contributed by atoms with van der Waals surface area (Å²) in [4.78, 5) is 15.5. The van der Waals surface area contributed by atoms with Crippen molar-refractivity contribution in [1.29, 1.82) is 0 Å². The summed E-state index contributed by atoms with van der Waals surface area (Å²) in [6, 6.07) is 14.0. The minimum Gasteiger partial charge on any atom is -0.369 e. The first-order valence-corrected chi connectivity index (χ1v) is 9.32. The Hall–Kier alpha value is -2.80. The van der Waals surface area contributed by atoms with Crippen molar-refractivity contribution in [3.05, 3.63) is 65.5 Å². The van der Waals surface area contributed by atoms with Crippen LogP contribution in [0.5, 0.6) is 0 Å². The number of primary amides is 1. The molecule has 0 bridgehead atoms. The van der Waals surface area contributed by atoms with Gasteiger partial charge in [0.25, 0.3) is 0 Å². The van der Waals surface area contributed by atoms with E-state index in [0.29, 0.717) is 12.4 Å². The lowest BCUT2D eigenvalue weighted by molar-refractivity contribution is -0.117. The van der Waals surface area contributed by atoms with Crippen molar-refractivity contribution in [2.75, 3.05) is 11.9 Å². The van der Waals surface area contributed by atoms with E-state index in [4.69, 9.17) is 5.73 Å². The van der Waals surface area contributed by atoms with Crippen molar-refractivity contribution in [3.63, 3.8) is 0 Å². The number of aromatic nitrogens is 2. The number of nitrogens with two attached hydrogens (primary N) is 1. The Morgan fingerprint density at radius 2 is 1.81 bits per heavy atom. The van der Waals surface area contributed by atoms with Crippen molar-refractivity contribution in [2.45, 2.75) is 25.7 Å². The van der Waals surface area contributed by atoms with Crippen LogP contribution in [0.4, 0.5) is 9.52 Å². The topological polar surface area (TPSA) is 80.9 Å². The van der Waals surface area contributed by atoms with E-state index in [2.05, 4.69) is 28.5 Å². The van der Waals surface area contributed by atoms with Crippen LogP contribution in [0.25, 0.3) is 11.4 Å². The van der Waals surface area contributed by atoms with Crippen LogP contribution in [0.2, 0.25) is 0 Å². The molecular formula is C20H21FN4OS. The van der Waals surface area contributed by atoms with Crippen LogP contribution < -0.4 is 11.1 Å². The van der Waals surface area contributed by atoms with E-state index in [9.17, 15) is 9.18 Å². The van der Waals surface area contributed by atoms with Gasteiger partial charge in [-0.1, -0.05) is 50.2 Å². The smallest absolute Gasteiger partial charge is 0.221 e. The second-order valence-corrected chi connectivity index (χ2v) is 7.76. The summed E-state index contributed by atoms with van der Waals surface area (Å²) < 4.78 is 17.5. The average Bonchev–Trinajstić information content (AvgIpc) is 3.10. The minimum atomic E-state index is -0.357. The molecule has 0 aliphatic heterocycles. The third kappa shape index (κ3) is 4.89. The van der Waals surface area contributed by atoms with Gasteiger partial charge in [-0.25, -0.2) is 4.39 Å². The predicted molar refractivity (Wildman–Crippen MR) is 106 cm³/mol. The summed E-state index contributed by atoms with van der Waals surface area (Å²) in [5, 5.41) is 4.04. The number of hydrogen-bond acceptors (Lipinski definition) is 5. The summed E-state index contributed by atoms with van der Waals surface area (Å²) in [5.41, 5.74) is 7.81. The number of nitrogens with one attached hydrogen (secondary N) is 1.